The fourth-order valence-electron chi connectivity index (χ4n) is 1.59. The van der Waals surface area contributed by atoms with Crippen molar-refractivity contribution >= 4 is 23.2 Å². The van der Waals surface area contributed by atoms with Crippen LogP contribution >= 0.6 is 11.6 Å². The lowest BCUT2D eigenvalue weighted by molar-refractivity contribution is -0.385. The molecule has 1 amide bonds. The highest BCUT2D eigenvalue weighted by Crippen LogP contribution is 2.49. The van der Waals surface area contributed by atoms with Crippen LogP contribution in [0.2, 0.25) is 5.15 Å². The van der Waals surface area contributed by atoms with E-state index in [4.69, 9.17) is 11.6 Å². The molecule has 1 aliphatic carbocycles. The molecule has 1 aromatic heterocycles. The van der Waals surface area contributed by atoms with E-state index in [1.807, 2.05) is 5.32 Å². The molecule has 0 spiro atoms. The van der Waals surface area contributed by atoms with Gasteiger partial charge in [0.05, 0.1) is 10.5 Å². The molecule has 0 aliphatic heterocycles. The summed E-state index contributed by atoms with van der Waals surface area (Å²) in [7, 11) is 0. The summed E-state index contributed by atoms with van der Waals surface area (Å²) in [6.07, 6.45) is -4.23. The van der Waals surface area contributed by atoms with Crippen molar-refractivity contribution in [3.8, 4) is 0 Å². The van der Waals surface area contributed by atoms with Crippen molar-refractivity contribution in [2.45, 2.75) is 24.6 Å². The minimum atomic E-state index is -4.58. The molecule has 0 aromatic carbocycles. The normalized spacial score (nSPS) is 16.6. The van der Waals surface area contributed by atoms with E-state index in [1.165, 1.54) is 0 Å². The number of carbonyl (C=O) groups excluding carboxylic acids is 1. The lowest BCUT2D eigenvalue weighted by Gasteiger charge is -2.20. The van der Waals surface area contributed by atoms with Crippen LogP contribution in [0.5, 0.6) is 0 Å². The number of aromatic nitrogens is 1. The first-order chi connectivity index (χ1) is 9.16. The number of hydrogen-bond donors (Lipinski definition) is 1. The van der Waals surface area contributed by atoms with Gasteiger partial charge in [0.2, 0.25) is 0 Å². The van der Waals surface area contributed by atoms with Gasteiger partial charge in [0.1, 0.15) is 16.9 Å². The second-order valence-electron chi connectivity index (χ2n) is 4.32. The van der Waals surface area contributed by atoms with Gasteiger partial charge in [-0.1, -0.05) is 11.6 Å². The summed E-state index contributed by atoms with van der Waals surface area (Å²) in [5.41, 5.74) is -3.26. The molecule has 6 nitrogen and oxygen atoms in total. The summed E-state index contributed by atoms with van der Waals surface area (Å²) >= 11 is 5.58. The van der Waals surface area contributed by atoms with E-state index in [1.54, 1.807) is 0 Å². The third-order valence-electron chi connectivity index (χ3n) is 2.93. The summed E-state index contributed by atoms with van der Waals surface area (Å²) < 4.78 is 38.1. The Morgan fingerprint density at radius 2 is 2.10 bits per heavy atom. The van der Waals surface area contributed by atoms with Gasteiger partial charge in [-0.15, -0.1) is 0 Å². The standard InChI is InChI=1S/C10H7ClF3N3O3/c11-7-6(3-5(4-15-7)17(19)20)8(18)16-9(1-2-9)10(12,13)14/h3-4H,1-2H2,(H,16,18). The maximum absolute atomic E-state index is 12.7. The number of alkyl halides is 3. The maximum atomic E-state index is 12.7. The molecule has 1 fully saturated rings. The average Bonchev–Trinajstić information content (AvgIpc) is 3.09. The molecule has 1 N–H and O–H groups in total. The molecule has 108 valence electrons. The van der Waals surface area contributed by atoms with Crippen LogP contribution in [0.15, 0.2) is 12.3 Å². The molecular weight excluding hydrogens is 303 g/mol. The van der Waals surface area contributed by atoms with Gasteiger partial charge in [-0.25, -0.2) is 4.98 Å². The molecule has 1 aromatic rings. The summed E-state index contributed by atoms with van der Waals surface area (Å²) in [4.78, 5) is 24.9. The number of rotatable bonds is 3. The summed E-state index contributed by atoms with van der Waals surface area (Å²) in [6, 6.07) is 0.789. The molecule has 0 radical (unpaired) electrons. The van der Waals surface area contributed by atoms with E-state index in [0.717, 1.165) is 12.3 Å². The van der Waals surface area contributed by atoms with E-state index in [-0.39, 0.29) is 12.8 Å². The van der Waals surface area contributed by atoms with Gasteiger partial charge < -0.3 is 5.32 Å². The van der Waals surface area contributed by atoms with Crippen LogP contribution in [-0.4, -0.2) is 27.5 Å². The van der Waals surface area contributed by atoms with Gasteiger partial charge in [0.25, 0.3) is 11.6 Å². The molecule has 1 aliphatic rings. The zero-order valence-electron chi connectivity index (χ0n) is 9.70. The van der Waals surface area contributed by atoms with Crippen molar-refractivity contribution in [2.24, 2.45) is 0 Å². The monoisotopic (exact) mass is 309 g/mol. The van der Waals surface area contributed by atoms with Crippen LogP contribution in [0, 0.1) is 10.1 Å². The smallest absolute Gasteiger partial charge is 0.338 e. The van der Waals surface area contributed by atoms with Gasteiger partial charge in [-0.05, 0) is 12.8 Å². The number of hydrogen-bond acceptors (Lipinski definition) is 4. The zero-order chi connectivity index (χ0) is 15.1. The Morgan fingerprint density at radius 1 is 1.50 bits per heavy atom. The van der Waals surface area contributed by atoms with Crippen LogP contribution in [0.25, 0.3) is 0 Å². The number of amides is 1. The molecule has 0 saturated heterocycles. The van der Waals surface area contributed by atoms with E-state index >= 15 is 0 Å². The van der Waals surface area contributed by atoms with Crippen molar-refractivity contribution in [2.75, 3.05) is 0 Å². The van der Waals surface area contributed by atoms with Crippen molar-refractivity contribution in [3.05, 3.63) is 33.1 Å². The van der Waals surface area contributed by atoms with Gasteiger partial charge in [0.15, 0.2) is 0 Å². The molecule has 0 unspecified atom stereocenters. The summed E-state index contributed by atoms with van der Waals surface area (Å²) in [5, 5.41) is 12.0. The first-order valence-corrected chi connectivity index (χ1v) is 5.73. The Balaban J connectivity index is 2.26. The highest BCUT2D eigenvalue weighted by Gasteiger charge is 2.64. The number of halogens is 4. The lowest BCUT2D eigenvalue weighted by atomic mass is 10.2. The largest absolute Gasteiger partial charge is 0.411 e. The van der Waals surface area contributed by atoms with E-state index < -0.39 is 38.9 Å². The van der Waals surface area contributed by atoms with Crippen LogP contribution in [0.3, 0.4) is 0 Å². The minimum absolute atomic E-state index is 0.234. The van der Waals surface area contributed by atoms with Crippen molar-refractivity contribution < 1.29 is 22.9 Å². The fraction of sp³-hybridized carbons (Fsp3) is 0.400. The Labute approximate surface area is 115 Å². The Hall–Kier alpha value is -1.90. The first kappa shape index (κ1) is 14.5. The quantitative estimate of drug-likeness (QED) is 0.528. The van der Waals surface area contributed by atoms with Crippen LogP contribution in [0.4, 0.5) is 18.9 Å². The Bertz CT molecular complexity index is 587. The zero-order valence-corrected chi connectivity index (χ0v) is 10.5. The fourth-order valence-corrected chi connectivity index (χ4v) is 1.77. The summed E-state index contributed by atoms with van der Waals surface area (Å²) in [5.74, 6) is -1.14. The van der Waals surface area contributed by atoms with Crippen molar-refractivity contribution in [1.29, 1.82) is 0 Å². The van der Waals surface area contributed by atoms with Crippen molar-refractivity contribution in [1.82, 2.24) is 10.3 Å². The first-order valence-electron chi connectivity index (χ1n) is 5.35. The molecule has 0 bridgehead atoms. The minimum Gasteiger partial charge on any atom is -0.338 e. The van der Waals surface area contributed by atoms with Crippen molar-refractivity contribution in [3.63, 3.8) is 0 Å². The van der Waals surface area contributed by atoms with Gasteiger partial charge in [-0.3, -0.25) is 14.9 Å². The van der Waals surface area contributed by atoms with Gasteiger partial charge in [-0.2, -0.15) is 13.2 Å². The molecule has 10 heteroatoms. The van der Waals surface area contributed by atoms with E-state index in [2.05, 4.69) is 4.98 Å². The Morgan fingerprint density at radius 3 is 2.55 bits per heavy atom. The third kappa shape index (κ3) is 2.53. The van der Waals surface area contributed by atoms with E-state index in [9.17, 15) is 28.1 Å². The average molecular weight is 310 g/mol. The number of nitrogens with one attached hydrogen (secondary N) is 1. The van der Waals surface area contributed by atoms with Gasteiger partial charge >= 0.3 is 6.18 Å². The molecule has 20 heavy (non-hydrogen) atoms. The molecule has 0 atom stereocenters. The van der Waals surface area contributed by atoms with Crippen LogP contribution in [-0.2, 0) is 0 Å². The predicted octanol–water partition coefficient (Wildman–Crippen LogP) is 2.47. The third-order valence-corrected chi connectivity index (χ3v) is 3.23. The predicted molar refractivity (Wildman–Crippen MR) is 61.4 cm³/mol. The maximum Gasteiger partial charge on any atom is 0.411 e. The molecule has 2 rings (SSSR count). The summed E-state index contributed by atoms with van der Waals surface area (Å²) in [6.45, 7) is 0. The molecule has 1 heterocycles. The number of carbonyl (C=O) groups is 1. The van der Waals surface area contributed by atoms with E-state index in [0.29, 0.717) is 0 Å². The Kier molecular flexibility index (Phi) is 3.32. The SMILES string of the molecule is O=C(NC1(C(F)(F)F)CC1)c1cc([N+](=O)[O-])cnc1Cl. The highest BCUT2D eigenvalue weighted by atomic mass is 35.5. The number of nitro groups is 1. The highest BCUT2D eigenvalue weighted by molar-refractivity contribution is 6.32. The topological polar surface area (TPSA) is 85.1 Å². The molecular formula is C10H7ClF3N3O3. The second-order valence-corrected chi connectivity index (χ2v) is 4.68. The van der Waals surface area contributed by atoms with Crippen LogP contribution < -0.4 is 5.32 Å². The van der Waals surface area contributed by atoms with Crippen LogP contribution in [0.1, 0.15) is 23.2 Å². The lowest BCUT2D eigenvalue weighted by Crippen LogP contribution is -2.47. The molecule has 1 saturated carbocycles. The number of nitrogens with zero attached hydrogens (tertiary/aromatic N) is 2. The van der Waals surface area contributed by atoms with Gasteiger partial charge in [0, 0.05) is 6.07 Å². The number of pyridine rings is 1. The second kappa shape index (κ2) is 4.58.